The molecule has 0 amide bonds. The summed E-state index contributed by atoms with van der Waals surface area (Å²) in [5.41, 5.74) is 1.23. The summed E-state index contributed by atoms with van der Waals surface area (Å²) < 4.78 is 53.2. The third kappa shape index (κ3) is 4.90. The topological polar surface area (TPSA) is 106 Å². The van der Waals surface area contributed by atoms with Gasteiger partial charge in [-0.25, -0.2) is 9.18 Å². The monoisotopic (exact) mass is 457 g/mol. The van der Waals surface area contributed by atoms with Gasteiger partial charge >= 0.3 is 12.1 Å². The van der Waals surface area contributed by atoms with E-state index < -0.39 is 12.1 Å². The van der Waals surface area contributed by atoms with Gasteiger partial charge in [-0.2, -0.15) is 27.9 Å². The number of carbonyl (C=O) groups is 1. The Bertz CT molecular complexity index is 1090. The van der Waals surface area contributed by atoms with E-state index in [1.54, 1.807) is 6.07 Å². The maximum atomic E-state index is 14.5. The first-order valence-electron chi connectivity index (χ1n) is 10.0. The molecule has 4 rings (SSSR count). The summed E-state index contributed by atoms with van der Waals surface area (Å²) in [6, 6.07) is 5.02. The minimum absolute atomic E-state index is 0.168. The van der Waals surface area contributed by atoms with Crippen molar-refractivity contribution in [2.75, 3.05) is 13.1 Å². The van der Waals surface area contributed by atoms with E-state index in [-0.39, 0.29) is 17.7 Å². The van der Waals surface area contributed by atoms with Crippen molar-refractivity contribution in [3.8, 4) is 5.95 Å². The molecular formula is C20H23F4N5O3. The van der Waals surface area contributed by atoms with Crippen LogP contribution in [0.2, 0.25) is 0 Å². The third-order valence-corrected chi connectivity index (χ3v) is 5.19. The van der Waals surface area contributed by atoms with E-state index in [1.165, 1.54) is 10.7 Å². The molecule has 0 aliphatic carbocycles. The minimum atomic E-state index is -5.08. The van der Waals surface area contributed by atoms with E-state index in [0.717, 1.165) is 30.6 Å². The van der Waals surface area contributed by atoms with Crippen molar-refractivity contribution in [3.63, 3.8) is 0 Å². The minimum Gasteiger partial charge on any atom is -0.475 e. The number of hydrogen-bond acceptors (Lipinski definition) is 6. The van der Waals surface area contributed by atoms with Crippen LogP contribution in [-0.4, -0.2) is 50.3 Å². The molecule has 1 aromatic carbocycles. The number of alkyl halides is 3. The lowest BCUT2D eigenvalue weighted by Crippen LogP contribution is -2.33. The second kappa shape index (κ2) is 9.23. The molecule has 1 aliphatic rings. The van der Waals surface area contributed by atoms with Crippen molar-refractivity contribution in [2.24, 2.45) is 5.92 Å². The molecule has 2 N–H and O–H groups in total. The highest BCUT2D eigenvalue weighted by Gasteiger charge is 2.38. The molecule has 2 atom stereocenters. The largest absolute Gasteiger partial charge is 0.490 e. The second-order valence-corrected chi connectivity index (χ2v) is 7.90. The number of piperidine rings is 1. The van der Waals surface area contributed by atoms with Crippen LogP contribution in [0, 0.1) is 11.7 Å². The first-order valence-corrected chi connectivity index (χ1v) is 10.0. The van der Waals surface area contributed by atoms with Crippen molar-refractivity contribution < 1.29 is 32.0 Å². The van der Waals surface area contributed by atoms with Gasteiger partial charge in [0, 0.05) is 11.3 Å². The van der Waals surface area contributed by atoms with E-state index in [4.69, 9.17) is 14.4 Å². The molecule has 2 unspecified atom stereocenters. The lowest BCUT2D eigenvalue weighted by Gasteiger charge is -2.26. The number of hydrogen-bond donors (Lipinski definition) is 2. The number of benzene rings is 1. The molecule has 0 saturated carbocycles. The highest BCUT2D eigenvalue weighted by Crippen LogP contribution is 2.31. The van der Waals surface area contributed by atoms with Crippen molar-refractivity contribution in [1.29, 1.82) is 0 Å². The fourth-order valence-electron chi connectivity index (χ4n) is 3.56. The summed E-state index contributed by atoms with van der Waals surface area (Å²) >= 11 is 0. The van der Waals surface area contributed by atoms with Crippen LogP contribution in [0.4, 0.5) is 17.6 Å². The van der Waals surface area contributed by atoms with Crippen LogP contribution in [0.25, 0.3) is 16.9 Å². The van der Waals surface area contributed by atoms with Gasteiger partial charge in [-0.3, -0.25) is 0 Å². The molecule has 0 radical (unpaired) electrons. The van der Waals surface area contributed by atoms with Gasteiger partial charge in [-0.15, -0.1) is 0 Å². The molecule has 1 aliphatic heterocycles. The molecule has 0 bridgehead atoms. The summed E-state index contributed by atoms with van der Waals surface area (Å²) in [5, 5.41) is 19.9. The molecule has 3 aromatic rings. The molecule has 8 nitrogen and oxygen atoms in total. The third-order valence-electron chi connectivity index (χ3n) is 5.19. The maximum Gasteiger partial charge on any atom is 0.490 e. The second-order valence-electron chi connectivity index (χ2n) is 7.90. The predicted molar refractivity (Wildman–Crippen MR) is 106 cm³/mol. The van der Waals surface area contributed by atoms with Crippen LogP contribution in [0.3, 0.4) is 0 Å². The van der Waals surface area contributed by atoms with Crippen LogP contribution in [-0.2, 0) is 4.79 Å². The number of nitrogens with one attached hydrogen (secondary N) is 1. The van der Waals surface area contributed by atoms with E-state index >= 15 is 0 Å². The van der Waals surface area contributed by atoms with E-state index in [0.29, 0.717) is 23.3 Å². The van der Waals surface area contributed by atoms with Crippen molar-refractivity contribution in [3.05, 3.63) is 35.6 Å². The van der Waals surface area contributed by atoms with Crippen LogP contribution >= 0.6 is 0 Å². The van der Waals surface area contributed by atoms with E-state index in [1.807, 2.05) is 19.9 Å². The number of nitrogens with zero attached hydrogens (tertiary/aromatic N) is 4. The number of carboxylic acids is 1. The number of rotatable bonds is 3. The number of carboxylic acid groups (broad SMARTS) is 1. The molecule has 12 heteroatoms. The van der Waals surface area contributed by atoms with Gasteiger partial charge in [0.2, 0.25) is 5.89 Å². The first kappa shape index (κ1) is 23.6. The Morgan fingerprint density at radius 3 is 2.62 bits per heavy atom. The van der Waals surface area contributed by atoms with Gasteiger partial charge in [0.15, 0.2) is 0 Å². The predicted octanol–water partition coefficient (Wildman–Crippen LogP) is 4.02. The van der Waals surface area contributed by atoms with Crippen LogP contribution in [0.15, 0.2) is 22.7 Å². The van der Waals surface area contributed by atoms with Gasteiger partial charge < -0.3 is 14.9 Å². The Hall–Kier alpha value is -3.02. The Labute approximate surface area is 180 Å². The summed E-state index contributed by atoms with van der Waals surface area (Å²) in [6.45, 7) is 8.11. The highest BCUT2D eigenvalue weighted by atomic mass is 19.4. The fourth-order valence-corrected chi connectivity index (χ4v) is 3.56. The highest BCUT2D eigenvalue weighted by molar-refractivity contribution is 5.84. The number of fused-ring (bicyclic) bond motifs is 1. The van der Waals surface area contributed by atoms with E-state index in [2.05, 4.69) is 27.5 Å². The smallest absolute Gasteiger partial charge is 0.475 e. The standard InChI is InChI=1S/C18H22FN5O.C2HF3O2/c1-10(2)15-13-5-4-6-14(19)16(13)24(22-15)18-21-17(25-23-18)12-7-8-20-9-11(12)3;3-2(4,5)1(6)7/h4-6,10-12,20H,7-9H2,1-3H3;(H,6,7). The number of para-hydroxylation sites is 1. The number of aromatic nitrogens is 4. The lowest BCUT2D eigenvalue weighted by atomic mass is 9.88. The Morgan fingerprint density at radius 2 is 2.03 bits per heavy atom. The molecule has 174 valence electrons. The van der Waals surface area contributed by atoms with E-state index in [9.17, 15) is 17.6 Å². The average molecular weight is 457 g/mol. The summed E-state index contributed by atoms with van der Waals surface area (Å²) in [5.74, 6) is -1.39. The SMILES string of the molecule is CC(C)c1nn(-c2noc(C3CCNCC3C)n2)c2c(F)cccc12.O=C(O)C(F)(F)F. The average Bonchev–Trinajstić information content (AvgIpc) is 3.33. The maximum absolute atomic E-state index is 14.5. The van der Waals surface area contributed by atoms with Gasteiger partial charge in [0.1, 0.15) is 11.3 Å². The zero-order valence-electron chi connectivity index (χ0n) is 17.6. The lowest BCUT2D eigenvalue weighted by molar-refractivity contribution is -0.192. The normalized spacial score (nSPS) is 19.1. The molecule has 3 heterocycles. The van der Waals surface area contributed by atoms with Crippen LogP contribution in [0.1, 0.15) is 50.6 Å². The molecule has 1 fully saturated rings. The molecule has 1 saturated heterocycles. The molecule has 0 spiro atoms. The molecular weight excluding hydrogens is 434 g/mol. The Morgan fingerprint density at radius 1 is 1.34 bits per heavy atom. The fraction of sp³-hybridized carbons (Fsp3) is 0.500. The van der Waals surface area contributed by atoms with Gasteiger partial charge in [0.25, 0.3) is 5.95 Å². The Balaban J connectivity index is 0.000000360. The number of halogens is 4. The van der Waals surface area contributed by atoms with Gasteiger partial charge in [0.05, 0.1) is 5.69 Å². The van der Waals surface area contributed by atoms with Gasteiger partial charge in [-0.05, 0) is 42.6 Å². The summed E-state index contributed by atoms with van der Waals surface area (Å²) in [4.78, 5) is 13.4. The Kier molecular flexibility index (Phi) is 6.82. The summed E-state index contributed by atoms with van der Waals surface area (Å²) in [6.07, 6.45) is -4.13. The zero-order valence-corrected chi connectivity index (χ0v) is 17.6. The van der Waals surface area contributed by atoms with Crippen molar-refractivity contribution in [2.45, 2.75) is 45.2 Å². The van der Waals surface area contributed by atoms with Crippen LogP contribution < -0.4 is 5.32 Å². The zero-order chi connectivity index (χ0) is 23.6. The first-order chi connectivity index (χ1) is 15.0. The number of aliphatic carboxylic acids is 1. The molecule has 2 aromatic heterocycles. The quantitative estimate of drug-likeness (QED) is 0.572. The van der Waals surface area contributed by atoms with Gasteiger partial charge in [-0.1, -0.05) is 32.9 Å². The van der Waals surface area contributed by atoms with Crippen molar-refractivity contribution >= 4 is 16.9 Å². The van der Waals surface area contributed by atoms with Crippen LogP contribution in [0.5, 0.6) is 0 Å². The molecule has 32 heavy (non-hydrogen) atoms. The summed E-state index contributed by atoms with van der Waals surface area (Å²) in [7, 11) is 0. The van der Waals surface area contributed by atoms with Crippen molar-refractivity contribution in [1.82, 2.24) is 25.2 Å².